The van der Waals surface area contributed by atoms with Crippen LogP contribution >= 0.6 is 23.4 Å². The number of hydrogen-bond acceptors (Lipinski definition) is 6. The fourth-order valence-corrected chi connectivity index (χ4v) is 3.32. The van der Waals surface area contributed by atoms with Crippen molar-refractivity contribution in [1.82, 2.24) is 30.0 Å². The number of carbonyl (C=O) groups is 1. The van der Waals surface area contributed by atoms with E-state index in [0.29, 0.717) is 10.2 Å². The molecule has 8 nitrogen and oxygen atoms in total. The smallest absolute Gasteiger partial charge is 0.237 e. The van der Waals surface area contributed by atoms with Gasteiger partial charge in [0.1, 0.15) is 0 Å². The minimum Gasteiger partial charge on any atom is -0.322 e. The summed E-state index contributed by atoms with van der Waals surface area (Å²) in [6, 6.07) is 7.15. The van der Waals surface area contributed by atoms with Crippen LogP contribution in [-0.4, -0.2) is 41.1 Å². The van der Waals surface area contributed by atoms with Gasteiger partial charge in [-0.2, -0.15) is 9.78 Å². The van der Waals surface area contributed by atoms with E-state index >= 15 is 0 Å². The third kappa shape index (κ3) is 3.73. The first-order chi connectivity index (χ1) is 12.4. The molecule has 0 spiro atoms. The number of nitrogens with one attached hydrogen (secondary N) is 1. The van der Waals surface area contributed by atoms with Crippen molar-refractivity contribution in [2.45, 2.75) is 31.2 Å². The first kappa shape index (κ1) is 18.4. The third-order valence-electron chi connectivity index (χ3n) is 3.92. The van der Waals surface area contributed by atoms with E-state index in [2.05, 4.69) is 25.9 Å². The van der Waals surface area contributed by atoms with Gasteiger partial charge >= 0.3 is 0 Å². The largest absolute Gasteiger partial charge is 0.322 e. The van der Waals surface area contributed by atoms with E-state index in [4.69, 9.17) is 11.6 Å². The SMILES string of the molecule is Cc1nn(C)c(C)c1NC(=O)[C@@H](C)Sc1nnnn1-c1ccc(Cl)cc1. The summed E-state index contributed by atoms with van der Waals surface area (Å²) in [6.07, 6.45) is 0. The van der Waals surface area contributed by atoms with E-state index in [9.17, 15) is 4.79 Å². The first-order valence-corrected chi connectivity index (χ1v) is 9.14. The molecular formula is C16H18ClN7OS. The number of benzene rings is 1. The molecule has 1 N–H and O–H groups in total. The number of nitrogens with zero attached hydrogens (tertiary/aromatic N) is 6. The normalized spacial score (nSPS) is 12.2. The summed E-state index contributed by atoms with van der Waals surface area (Å²) in [4.78, 5) is 12.6. The Morgan fingerprint density at radius 2 is 1.96 bits per heavy atom. The van der Waals surface area contributed by atoms with Gasteiger partial charge in [0.15, 0.2) is 0 Å². The molecule has 1 amide bonds. The van der Waals surface area contributed by atoms with Crippen LogP contribution in [0.3, 0.4) is 0 Å². The molecule has 0 fully saturated rings. The van der Waals surface area contributed by atoms with Crippen LogP contribution in [0.4, 0.5) is 5.69 Å². The molecule has 26 heavy (non-hydrogen) atoms. The average molecular weight is 392 g/mol. The van der Waals surface area contributed by atoms with E-state index in [0.717, 1.165) is 22.8 Å². The van der Waals surface area contributed by atoms with Gasteiger partial charge in [0.2, 0.25) is 11.1 Å². The van der Waals surface area contributed by atoms with E-state index < -0.39 is 5.25 Å². The highest BCUT2D eigenvalue weighted by atomic mass is 35.5. The molecule has 136 valence electrons. The van der Waals surface area contributed by atoms with E-state index in [1.165, 1.54) is 11.8 Å². The minimum absolute atomic E-state index is 0.139. The standard InChI is InChI=1S/C16H18ClN7OS/c1-9-14(10(2)23(4)20-9)18-15(25)11(3)26-16-19-21-22-24(16)13-7-5-12(17)6-8-13/h5-8,11H,1-4H3,(H,18,25)/t11-/m1/s1. The number of amides is 1. The maximum absolute atomic E-state index is 12.6. The zero-order valence-electron chi connectivity index (χ0n) is 14.8. The summed E-state index contributed by atoms with van der Waals surface area (Å²) in [5.74, 6) is -0.139. The molecule has 3 aromatic rings. The third-order valence-corrected chi connectivity index (χ3v) is 5.21. The van der Waals surface area contributed by atoms with Gasteiger partial charge in [-0.15, -0.1) is 5.10 Å². The van der Waals surface area contributed by atoms with E-state index in [1.807, 2.05) is 40.0 Å². The van der Waals surface area contributed by atoms with Gasteiger partial charge < -0.3 is 5.32 Å². The van der Waals surface area contributed by atoms with Crippen molar-refractivity contribution in [2.24, 2.45) is 7.05 Å². The molecule has 10 heteroatoms. The van der Waals surface area contributed by atoms with Crippen molar-refractivity contribution in [3.05, 3.63) is 40.7 Å². The zero-order valence-corrected chi connectivity index (χ0v) is 16.3. The zero-order chi connectivity index (χ0) is 18.8. The Labute approximate surface area is 159 Å². The number of rotatable bonds is 5. The first-order valence-electron chi connectivity index (χ1n) is 7.89. The molecule has 0 saturated heterocycles. The Hall–Kier alpha value is -2.39. The lowest BCUT2D eigenvalue weighted by Gasteiger charge is -2.12. The quantitative estimate of drug-likeness (QED) is 0.672. The molecule has 0 aliphatic heterocycles. The van der Waals surface area contributed by atoms with Crippen molar-refractivity contribution in [2.75, 3.05) is 5.32 Å². The highest BCUT2D eigenvalue weighted by Gasteiger charge is 2.21. The van der Waals surface area contributed by atoms with Crippen LogP contribution in [0.1, 0.15) is 18.3 Å². The molecule has 0 saturated carbocycles. The Morgan fingerprint density at radius 1 is 1.27 bits per heavy atom. The number of tetrazole rings is 1. The van der Waals surface area contributed by atoms with Crippen LogP contribution in [0.15, 0.2) is 29.4 Å². The lowest BCUT2D eigenvalue weighted by atomic mass is 10.3. The lowest BCUT2D eigenvalue weighted by Crippen LogP contribution is -2.23. The van der Waals surface area contributed by atoms with Gasteiger partial charge in [-0.3, -0.25) is 9.48 Å². The Morgan fingerprint density at radius 3 is 2.58 bits per heavy atom. The molecule has 2 heterocycles. The number of carbonyl (C=O) groups excluding carboxylic acids is 1. The number of hydrogen-bond donors (Lipinski definition) is 1. The van der Waals surface area contributed by atoms with Gasteiger partial charge in [-0.1, -0.05) is 23.4 Å². The highest BCUT2D eigenvalue weighted by Crippen LogP contribution is 2.25. The predicted octanol–water partition coefficient (Wildman–Crippen LogP) is 2.79. The monoisotopic (exact) mass is 391 g/mol. The highest BCUT2D eigenvalue weighted by molar-refractivity contribution is 8.00. The van der Waals surface area contributed by atoms with Crippen molar-refractivity contribution in [3.63, 3.8) is 0 Å². The molecular weight excluding hydrogens is 374 g/mol. The van der Waals surface area contributed by atoms with Gasteiger partial charge in [-0.05, 0) is 55.5 Å². The number of aromatic nitrogens is 6. The summed E-state index contributed by atoms with van der Waals surface area (Å²) >= 11 is 7.19. The molecule has 1 aromatic carbocycles. The lowest BCUT2D eigenvalue weighted by molar-refractivity contribution is -0.115. The fraction of sp³-hybridized carbons (Fsp3) is 0.312. The average Bonchev–Trinajstić information content (AvgIpc) is 3.15. The summed E-state index contributed by atoms with van der Waals surface area (Å²) in [7, 11) is 1.84. The molecule has 0 radical (unpaired) electrons. The minimum atomic E-state index is -0.397. The Balaban J connectivity index is 1.74. The molecule has 0 unspecified atom stereocenters. The Bertz CT molecular complexity index is 935. The van der Waals surface area contributed by atoms with Crippen LogP contribution in [-0.2, 0) is 11.8 Å². The van der Waals surface area contributed by atoms with E-state index in [1.54, 1.807) is 21.5 Å². The van der Waals surface area contributed by atoms with Crippen LogP contribution in [0.25, 0.3) is 5.69 Å². The van der Waals surface area contributed by atoms with Crippen molar-refractivity contribution >= 4 is 35.0 Å². The van der Waals surface area contributed by atoms with Gasteiger partial charge in [0.25, 0.3) is 0 Å². The number of thioether (sulfide) groups is 1. The van der Waals surface area contributed by atoms with Crippen LogP contribution < -0.4 is 5.32 Å². The molecule has 0 bridgehead atoms. The molecule has 2 aromatic heterocycles. The maximum atomic E-state index is 12.6. The second kappa shape index (κ2) is 7.46. The molecule has 3 rings (SSSR count). The number of aryl methyl sites for hydroxylation is 2. The van der Waals surface area contributed by atoms with Crippen LogP contribution in [0.5, 0.6) is 0 Å². The van der Waals surface area contributed by atoms with Crippen molar-refractivity contribution in [1.29, 1.82) is 0 Å². The number of anilines is 1. The topological polar surface area (TPSA) is 90.5 Å². The van der Waals surface area contributed by atoms with Crippen LogP contribution in [0.2, 0.25) is 5.02 Å². The molecule has 1 atom stereocenters. The van der Waals surface area contributed by atoms with Gasteiger partial charge in [0.05, 0.1) is 28.0 Å². The van der Waals surface area contributed by atoms with Gasteiger partial charge in [-0.25, -0.2) is 0 Å². The Kier molecular flexibility index (Phi) is 5.28. The summed E-state index contributed by atoms with van der Waals surface area (Å²) in [6.45, 7) is 5.58. The molecule has 0 aliphatic carbocycles. The van der Waals surface area contributed by atoms with Crippen LogP contribution in [0, 0.1) is 13.8 Å². The van der Waals surface area contributed by atoms with Crippen molar-refractivity contribution < 1.29 is 4.79 Å². The van der Waals surface area contributed by atoms with Crippen molar-refractivity contribution in [3.8, 4) is 5.69 Å². The fourth-order valence-electron chi connectivity index (χ4n) is 2.39. The van der Waals surface area contributed by atoms with E-state index in [-0.39, 0.29) is 5.91 Å². The summed E-state index contributed by atoms with van der Waals surface area (Å²) in [5, 5.41) is 19.7. The second-order valence-corrected chi connectivity index (χ2v) is 7.51. The second-order valence-electron chi connectivity index (χ2n) is 5.77. The summed E-state index contributed by atoms with van der Waals surface area (Å²) < 4.78 is 3.31. The summed E-state index contributed by atoms with van der Waals surface area (Å²) in [5.41, 5.74) is 3.19. The maximum Gasteiger partial charge on any atom is 0.237 e. The number of halogens is 1. The van der Waals surface area contributed by atoms with Gasteiger partial charge in [0, 0.05) is 12.1 Å². The molecule has 0 aliphatic rings. The predicted molar refractivity (Wildman–Crippen MR) is 101 cm³/mol.